The van der Waals surface area contributed by atoms with Crippen LogP contribution in [0.15, 0.2) is 84.9 Å². The molecule has 2 heteroatoms. The Kier molecular flexibility index (Phi) is 13.2. The van der Waals surface area contributed by atoms with Crippen LogP contribution in [0.4, 0.5) is 11.4 Å². The molecule has 228 valence electrons. The van der Waals surface area contributed by atoms with Crippen molar-refractivity contribution >= 4 is 11.4 Å². The first kappa shape index (κ1) is 32.4. The number of hydrogen-bond donors (Lipinski definition) is 2. The van der Waals surface area contributed by atoms with E-state index in [0.717, 1.165) is 37.1 Å². The van der Waals surface area contributed by atoms with E-state index in [1.54, 1.807) is 0 Å². The second-order valence-electron chi connectivity index (χ2n) is 12.5. The highest BCUT2D eigenvalue weighted by molar-refractivity contribution is 5.47. The Morgan fingerprint density at radius 3 is 1.14 bits per heavy atom. The first-order valence-corrected chi connectivity index (χ1v) is 16.9. The van der Waals surface area contributed by atoms with Gasteiger partial charge in [0.2, 0.25) is 0 Å². The molecule has 0 aromatic heterocycles. The van der Waals surface area contributed by atoms with Gasteiger partial charge in [0.25, 0.3) is 0 Å². The summed E-state index contributed by atoms with van der Waals surface area (Å²) in [6.45, 7) is 4.50. The SMILES string of the molecule is CCCCc1cc(N)ccc1Cc1ccc(CCCCCCCc2ccc(Cc3ccc(N)cc3CCCC)cc2)cc1. The average molecular weight is 575 g/mol. The lowest BCUT2D eigenvalue weighted by atomic mass is 9.95. The topological polar surface area (TPSA) is 52.0 Å². The molecule has 0 atom stereocenters. The molecule has 0 radical (unpaired) electrons. The third-order valence-electron chi connectivity index (χ3n) is 8.83. The molecule has 4 aromatic carbocycles. The molecular formula is C41H54N2. The summed E-state index contributed by atoms with van der Waals surface area (Å²) in [5.41, 5.74) is 25.2. The minimum Gasteiger partial charge on any atom is -0.399 e. The van der Waals surface area contributed by atoms with Gasteiger partial charge in [0.1, 0.15) is 0 Å². The lowest BCUT2D eigenvalue weighted by Crippen LogP contribution is -1.99. The van der Waals surface area contributed by atoms with Gasteiger partial charge in [-0.2, -0.15) is 0 Å². The van der Waals surface area contributed by atoms with Crippen LogP contribution >= 0.6 is 0 Å². The summed E-state index contributed by atoms with van der Waals surface area (Å²) in [6, 6.07) is 31.5. The van der Waals surface area contributed by atoms with Crippen LogP contribution in [0.5, 0.6) is 0 Å². The third kappa shape index (κ3) is 10.9. The Morgan fingerprint density at radius 1 is 0.372 bits per heavy atom. The van der Waals surface area contributed by atoms with Crippen LogP contribution in [0.25, 0.3) is 0 Å². The number of nitrogen functional groups attached to an aromatic ring is 2. The molecule has 0 heterocycles. The number of rotatable bonds is 18. The number of unbranched alkanes of at least 4 members (excludes halogenated alkanes) is 6. The van der Waals surface area contributed by atoms with E-state index in [2.05, 4.69) is 86.6 Å². The van der Waals surface area contributed by atoms with Crippen molar-refractivity contribution in [2.75, 3.05) is 11.5 Å². The summed E-state index contributed by atoms with van der Waals surface area (Å²) in [7, 11) is 0. The maximum Gasteiger partial charge on any atom is 0.0316 e. The van der Waals surface area contributed by atoms with Crippen molar-refractivity contribution in [2.45, 2.75) is 110 Å². The monoisotopic (exact) mass is 574 g/mol. The van der Waals surface area contributed by atoms with Crippen LogP contribution < -0.4 is 11.5 Å². The van der Waals surface area contributed by atoms with Gasteiger partial charge >= 0.3 is 0 Å². The molecule has 4 N–H and O–H groups in total. The molecule has 43 heavy (non-hydrogen) atoms. The van der Waals surface area contributed by atoms with E-state index in [1.807, 2.05) is 12.1 Å². The van der Waals surface area contributed by atoms with Crippen molar-refractivity contribution in [1.29, 1.82) is 0 Å². The van der Waals surface area contributed by atoms with Crippen LogP contribution in [-0.2, 0) is 38.5 Å². The van der Waals surface area contributed by atoms with Gasteiger partial charge < -0.3 is 11.5 Å². The van der Waals surface area contributed by atoms with Crippen LogP contribution in [0.1, 0.15) is 116 Å². The number of aryl methyl sites for hydroxylation is 4. The summed E-state index contributed by atoms with van der Waals surface area (Å²) in [4.78, 5) is 0. The molecule has 4 aromatic rings. The van der Waals surface area contributed by atoms with E-state index in [1.165, 1.54) is 115 Å². The molecule has 0 fully saturated rings. The fourth-order valence-electron chi connectivity index (χ4n) is 6.11. The lowest BCUT2D eigenvalue weighted by Gasteiger charge is -2.11. The maximum absolute atomic E-state index is 6.07. The van der Waals surface area contributed by atoms with E-state index in [0.29, 0.717) is 0 Å². The summed E-state index contributed by atoms with van der Waals surface area (Å²) >= 11 is 0. The molecule has 0 aliphatic carbocycles. The number of benzene rings is 4. The van der Waals surface area contributed by atoms with Crippen molar-refractivity contribution in [3.8, 4) is 0 Å². The van der Waals surface area contributed by atoms with Crippen molar-refractivity contribution in [3.63, 3.8) is 0 Å². The Bertz CT molecular complexity index is 1260. The zero-order chi connectivity index (χ0) is 30.3. The van der Waals surface area contributed by atoms with E-state index >= 15 is 0 Å². The maximum atomic E-state index is 6.07. The average Bonchev–Trinajstić information content (AvgIpc) is 3.02. The highest BCUT2D eigenvalue weighted by atomic mass is 14.5. The van der Waals surface area contributed by atoms with Gasteiger partial charge in [0, 0.05) is 11.4 Å². The van der Waals surface area contributed by atoms with Crippen LogP contribution in [-0.4, -0.2) is 0 Å². The van der Waals surface area contributed by atoms with E-state index < -0.39 is 0 Å². The molecular weight excluding hydrogens is 520 g/mol. The zero-order valence-electron chi connectivity index (χ0n) is 26.8. The van der Waals surface area contributed by atoms with Gasteiger partial charge in [0.05, 0.1) is 0 Å². The number of hydrogen-bond acceptors (Lipinski definition) is 2. The predicted octanol–water partition coefficient (Wildman–Crippen LogP) is 10.5. The third-order valence-corrected chi connectivity index (χ3v) is 8.83. The van der Waals surface area contributed by atoms with Gasteiger partial charge in [-0.05, 0) is 133 Å². The Labute approximate surface area is 261 Å². The highest BCUT2D eigenvalue weighted by Gasteiger charge is 2.07. The number of nitrogens with two attached hydrogens (primary N) is 2. The Hall–Kier alpha value is -3.52. The lowest BCUT2D eigenvalue weighted by molar-refractivity contribution is 0.613. The standard InChI is InChI=1S/C41H54N2/c1-3-5-14-36-30-40(42)26-24-38(36)28-34-20-16-32(17-21-34)12-10-8-7-9-11-13-33-18-22-35(23-19-33)29-39-25-27-41(43)31-37(39)15-6-4-2/h16-27,30-31H,3-15,28-29,42-43H2,1-2H3. The molecule has 0 unspecified atom stereocenters. The molecule has 0 saturated heterocycles. The van der Waals surface area contributed by atoms with E-state index in [-0.39, 0.29) is 0 Å². The molecule has 0 aliphatic heterocycles. The van der Waals surface area contributed by atoms with Crippen molar-refractivity contribution in [3.05, 3.63) is 129 Å². The smallest absolute Gasteiger partial charge is 0.0316 e. The Balaban J connectivity index is 1.13. The van der Waals surface area contributed by atoms with Crippen LogP contribution in [0, 0.1) is 0 Å². The van der Waals surface area contributed by atoms with Gasteiger partial charge in [-0.1, -0.05) is 107 Å². The first-order chi connectivity index (χ1) is 21.0. The fraction of sp³-hybridized carbons (Fsp3) is 0.415. The molecule has 4 rings (SSSR count). The molecule has 0 saturated carbocycles. The van der Waals surface area contributed by atoms with Gasteiger partial charge in [-0.15, -0.1) is 0 Å². The quantitative estimate of drug-likeness (QED) is 0.0917. The Morgan fingerprint density at radius 2 is 0.744 bits per heavy atom. The fourth-order valence-corrected chi connectivity index (χ4v) is 6.11. The van der Waals surface area contributed by atoms with Gasteiger partial charge in [-0.25, -0.2) is 0 Å². The molecule has 0 bridgehead atoms. The first-order valence-electron chi connectivity index (χ1n) is 16.9. The minimum atomic E-state index is 0.876. The summed E-state index contributed by atoms with van der Waals surface area (Å²) in [5, 5.41) is 0. The molecule has 0 aliphatic rings. The zero-order valence-corrected chi connectivity index (χ0v) is 26.8. The summed E-state index contributed by atoms with van der Waals surface area (Å²) in [5.74, 6) is 0. The second kappa shape index (κ2) is 17.6. The minimum absolute atomic E-state index is 0.876. The van der Waals surface area contributed by atoms with Crippen molar-refractivity contribution in [2.24, 2.45) is 0 Å². The summed E-state index contributed by atoms with van der Waals surface area (Å²) in [6.07, 6.45) is 17.9. The summed E-state index contributed by atoms with van der Waals surface area (Å²) < 4.78 is 0. The highest BCUT2D eigenvalue weighted by Crippen LogP contribution is 2.22. The molecule has 0 spiro atoms. The van der Waals surface area contributed by atoms with Gasteiger partial charge in [-0.3, -0.25) is 0 Å². The van der Waals surface area contributed by atoms with E-state index in [4.69, 9.17) is 11.5 Å². The second-order valence-corrected chi connectivity index (χ2v) is 12.5. The number of anilines is 2. The largest absolute Gasteiger partial charge is 0.399 e. The van der Waals surface area contributed by atoms with Crippen LogP contribution in [0.3, 0.4) is 0 Å². The van der Waals surface area contributed by atoms with E-state index in [9.17, 15) is 0 Å². The van der Waals surface area contributed by atoms with Gasteiger partial charge in [0.15, 0.2) is 0 Å². The normalized spacial score (nSPS) is 11.2. The van der Waals surface area contributed by atoms with Crippen molar-refractivity contribution < 1.29 is 0 Å². The molecule has 0 amide bonds. The van der Waals surface area contributed by atoms with Crippen LogP contribution in [0.2, 0.25) is 0 Å². The predicted molar refractivity (Wildman–Crippen MR) is 188 cm³/mol. The van der Waals surface area contributed by atoms with Crippen molar-refractivity contribution in [1.82, 2.24) is 0 Å². The molecule has 2 nitrogen and oxygen atoms in total.